The van der Waals surface area contributed by atoms with E-state index in [2.05, 4.69) is 9.72 Å². The van der Waals surface area contributed by atoms with E-state index in [0.29, 0.717) is 0 Å². The number of carbonyl (C=O) groups excluding carboxylic acids is 1. The van der Waals surface area contributed by atoms with Gasteiger partial charge >= 0.3 is 5.97 Å². The van der Waals surface area contributed by atoms with E-state index in [0.717, 1.165) is 6.20 Å². The van der Waals surface area contributed by atoms with Gasteiger partial charge in [-0.15, -0.1) is 0 Å². The second-order valence-electron chi connectivity index (χ2n) is 2.02. The van der Waals surface area contributed by atoms with Gasteiger partial charge in [0, 0.05) is 0 Å². The lowest BCUT2D eigenvalue weighted by molar-refractivity contribution is 0.0600. The summed E-state index contributed by atoms with van der Waals surface area (Å²) in [6, 6.07) is 1.20. The number of carbonyl (C=O) groups is 1. The van der Waals surface area contributed by atoms with Gasteiger partial charge in [-0.1, -0.05) is 11.6 Å². The standard InChI is InChI=1S/C7H6ClNO3/c1-12-7(11)5-2-4(10)3-9-6(5)8/h2-3,10H,1H3. The molecule has 0 saturated carbocycles. The normalized spacial score (nSPS) is 9.50. The molecular formula is C7H6ClNO3. The van der Waals surface area contributed by atoms with Gasteiger partial charge in [-0.2, -0.15) is 0 Å². The summed E-state index contributed by atoms with van der Waals surface area (Å²) < 4.78 is 4.40. The maximum Gasteiger partial charge on any atom is 0.341 e. The van der Waals surface area contributed by atoms with Gasteiger partial charge in [0.15, 0.2) is 0 Å². The third-order valence-electron chi connectivity index (χ3n) is 1.23. The maximum atomic E-state index is 10.9. The Morgan fingerprint density at radius 3 is 3.00 bits per heavy atom. The van der Waals surface area contributed by atoms with E-state index in [4.69, 9.17) is 16.7 Å². The molecule has 0 atom stereocenters. The van der Waals surface area contributed by atoms with E-state index >= 15 is 0 Å². The summed E-state index contributed by atoms with van der Waals surface area (Å²) in [5.74, 6) is -0.747. The monoisotopic (exact) mass is 187 g/mol. The van der Waals surface area contributed by atoms with Crippen LogP contribution in [0.2, 0.25) is 5.15 Å². The van der Waals surface area contributed by atoms with Gasteiger partial charge < -0.3 is 9.84 Å². The van der Waals surface area contributed by atoms with Crippen LogP contribution in [0.25, 0.3) is 0 Å². The molecule has 1 N–H and O–H groups in total. The topological polar surface area (TPSA) is 59.4 Å². The van der Waals surface area contributed by atoms with Crippen LogP contribution in [0.15, 0.2) is 12.3 Å². The molecule has 1 aromatic rings. The zero-order valence-electron chi connectivity index (χ0n) is 6.24. The zero-order chi connectivity index (χ0) is 9.14. The summed E-state index contributed by atoms with van der Waals surface area (Å²) in [6.07, 6.45) is 1.15. The van der Waals surface area contributed by atoms with Gasteiger partial charge in [0.2, 0.25) is 0 Å². The molecule has 0 aromatic carbocycles. The Morgan fingerprint density at radius 2 is 2.42 bits per heavy atom. The Balaban J connectivity index is 3.13. The van der Waals surface area contributed by atoms with E-state index in [1.165, 1.54) is 13.2 Å². The molecule has 0 spiro atoms. The largest absolute Gasteiger partial charge is 0.506 e. The van der Waals surface area contributed by atoms with Crippen LogP contribution in [0.5, 0.6) is 5.75 Å². The minimum absolute atomic E-state index is 0.0136. The van der Waals surface area contributed by atoms with Crippen molar-refractivity contribution in [2.24, 2.45) is 0 Å². The highest BCUT2D eigenvalue weighted by Gasteiger charge is 2.11. The van der Waals surface area contributed by atoms with E-state index in [1.54, 1.807) is 0 Å². The summed E-state index contributed by atoms with van der Waals surface area (Å²) >= 11 is 5.55. The van der Waals surface area contributed by atoms with Crippen LogP contribution >= 0.6 is 11.6 Å². The second-order valence-corrected chi connectivity index (χ2v) is 2.38. The maximum absolute atomic E-state index is 10.9. The summed E-state index contributed by atoms with van der Waals surface area (Å²) in [4.78, 5) is 14.5. The van der Waals surface area contributed by atoms with Crippen LogP contribution in [0.4, 0.5) is 0 Å². The summed E-state index contributed by atoms with van der Waals surface area (Å²) in [7, 11) is 1.22. The average molecular weight is 188 g/mol. The third-order valence-corrected chi connectivity index (χ3v) is 1.53. The van der Waals surface area contributed by atoms with Crippen LogP contribution in [0, 0.1) is 0 Å². The van der Waals surface area contributed by atoms with Crippen LogP contribution in [-0.2, 0) is 4.74 Å². The fourth-order valence-corrected chi connectivity index (χ4v) is 0.871. The molecule has 0 unspecified atom stereocenters. The molecule has 0 fully saturated rings. The summed E-state index contributed by atoms with van der Waals surface area (Å²) in [5.41, 5.74) is 0.0548. The Kier molecular flexibility index (Phi) is 2.50. The van der Waals surface area contributed by atoms with Gasteiger partial charge in [-0.25, -0.2) is 9.78 Å². The molecule has 1 rings (SSSR count). The Hall–Kier alpha value is -1.29. The number of ether oxygens (including phenoxy) is 1. The lowest BCUT2D eigenvalue weighted by Gasteiger charge is -2.00. The summed E-state index contributed by atoms with van der Waals surface area (Å²) in [5, 5.41) is 8.97. The van der Waals surface area contributed by atoms with Crippen molar-refractivity contribution in [2.75, 3.05) is 7.11 Å². The van der Waals surface area contributed by atoms with Crippen LogP contribution in [-0.4, -0.2) is 23.2 Å². The first-order chi connectivity index (χ1) is 5.65. The Morgan fingerprint density at radius 1 is 1.75 bits per heavy atom. The van der Waals surface area contributed by atoms with E-state index in [9.17, 15) is 4.79 Å². The lowest BCUT2D eigenvalue weighted by atomic mass is 10.3. The number of aromatic hydroxyl groups is 1. The number of hydrogen-bond donors (Lipinski definition) is 1. The van der Waals surface area contributed by atoms with E-state index in [1.807, 2.05) is 0 Å². The minimum atomic E-state index is -0.622. The molecule has 0 saturated heterocycles. The third kappa shape index (κ3) is 1.65. The lowest BCUT2D eigenvalue weighted by Crippen LogP contribution is -2.02. The Bertz CT molecular complexity index is 314. The Labute approximate surface area is 73.8 Å². The van der Waals surface area contributed by atoms with Crippen molar-refractivity contribution in [3.8, 4) is 5.75 Å². The number of pyridine rings is 1. The molecule has 0 amide bonds. The molecule has 12 heavy (non-hydrogen) atoms. The number of halogens is 1. The highest BCUT2D eigenvalue weighted by Crippen LogP contribution is 2.18. The van der Waals surface area contributed by atoms with Crippen molar-refractivity contribution in [1.82, 2.24) is 4.98 Å². The van der Waals surface area contributed by atoms with Crippen molar-refractivity contribution in [1.29, 1.82) is 0 Å². The zero-order valence-corrected chi connectivity index (χ0v) is 7.00. The number of aromatic nitrogens is 1. The van der Waals surface area contributed by atoms with Gasteiger partial charge in [0.25, 0.3) is 0 Å². The van der Waals surface area contributed by atoms with Crippen LogP contribution in [0.1, 0.15) is 10.4 Å². The fourth-order valence-electron chi connectivity index (χ4n) is 0.690. The first kappa shape index (κ1) is 8.80. The van der Waals surface area contributed by atoms with Gasteiger partial charge in [-0.3, -0.25) is 0 Å². The van der Waals surface area contributed by atoms with Crippen molar-refractivity contribution < 1.29 is 14.6 Å². The fraction of sp³-hybridized carbons (Fsp3) is 0.143. The number of rotatable bonds is 1. The SMILES string of the molecule is COC(=O)c1cc(O)cnc1Cl. The number of methoxy groups -OCH3 is 1. The van der Waals surface area contributed by atoms with Crippen LogP contribution < -0.4 is 0 Å². The molecule has 4 nitrogen and oxygen atoms in total. The highest BCUT2D eigenvalue weighted by molar-refractivity contribution is 6.32. The summed E-state index contributed by atoms with van der Waals surface area (Å²) in [6.45, 7) is 0. The highest BCUT2D eigenvalue weighted by atomic mass is 35.5. The van der Waals surface area contributed by atoms with Crippen molar-refractivity contribution in [3.63, 3.8) is 0 Å². The molecular weight excluding hydrogens is 182 g/mol. The molecule has 1 heterocycles. The average Bonchev–Trinajstić information content (AvgIpc) is 2.08. The minimum Gasteiger partial charge on any atom is -0.506 e. The molecule has 64 valence electrons. The predicted octanol–water partition coefficient (Wildman–Crippen LogP) is 1.23. The van der Waals surface area contributed by atoms with Crippen LogP contribution in [0.3, 0.4) is 0 Å². The van der Waals surface area contributed by atoms with Gasteiger partial charge in [0.1, 0.15) is 16.5 Å². The number of esters is 1. The quantitative estimate of drug-likeness (QED) is 0.531. The van der Waals surface area contributed by atoms with Gasteiger partial charge in [0.05, 0.1) is 13.3 Å². The molecule has 0 aliphatic heterocycles. The molecule has 1 aromatic heterocycles. The van der Waals surface area contributed by atoms with E-state index < -0.39 is 5.97 Å². The smallest absolute Gasteiger partial charge is 0.341 e. The van der Waals surface area contributed by atoms with Gasteiger partial charge in [-0.05, 0) is 6.07 Å². The van der Waals surface area contributed by atoms with Crippen molar-refractivity contribution in [3.05, 3.63) is 23.0 Å². The first-order valence-electron chi connectivity index (χ1n) is 3.08. The molecule has 5 heteroatoms. The molecule has 0 aliphatic rings. The first-order valence-corrected chi connectivity index (χ1v) is 3.45. The number of hydrogen-bond acceptors (Lipinski definition) is 4. The molecule has 0 bridgehead atoms. The van der Waals surface area contributed by atoms with Crippen molar-refractivity contribution >= 4 is 17.6 Å². The number of nitrogens with zero attached hydrogens (tertiary/aromatic N) is 1. The molecule has 0 radical (unpaired) electrons. The van der Waals surface area contributed by atoms with E-state index in [-0.39, 0.29) is 16.5 Å². The van der Waals surface area contributed by atoms with Crippen molar-refractivity contribution in [2.45, 2.75) is 0 Å². The molecule has 0 aliphatic carbocycles. The predicted molar refractivity (Wildman–Crippen MR) is 42.3 cm³/mol. The second kappa shape index (κ2) is 3.40.